The van der Waals surface area contributed by atoms with Crippen LogP contribution in [0.3, 0.4) is 0 Å². The van der Waals surface area contributed by atoms with E-state index in [1.165, 1.54) is 17.0 Å². The van der Waals surface area contributed by atoms with E-state index in [2.05, 4.69) is 15.1 Å². The van der Waals surface area contributed by atoms with E-state index in [1.807, 2.05) is 0 Å². The molecule has 8 nitrogen and oxygen atoms in total. The summed E-state index contributed by atoms with van der Waals surface area (Å²) in [5.74, 6) is -0.700. The van der Waals surface area contributed by atoms with Crippen molar-refractivity contribution in [3.8, 4) is 11.4 Å². The zero-order valence-electron chi connectivity index (χ0n) is 16.6. The molecule has 162 valence electrons. The molecule has 0 saturated carbocycles. The van der Waals surface area contributed by atoms with E-state index in [4.69, 9.17) is 4.52 Å². The fourth-order valence-electron chi connectivity index (χ4n) is 3.55. The van der Waals surface area contributed by atoms with Crippen LogP contribution in [0.2, 0.25) is 0 Å². The normalized spacial score (nSPS) is 19.3. The van der Waals surface area contributed by atoms with Crippen molar-refractivity contribution in [3.05, 3.63) is 60.7 Å². The molecule has 1 saturated heterocycles. The number of pyridine rings is 1. The molecule has 4 rings (SSSR count). The van der Waals surface area contributed by atoms with E-state index in [-0.39, 0.29) is 41.7 Å². The highest BCUT2D eigenvalue weighted by Gasteiger charge is 2.43. The largest absolute Gasteiger partial charge is 0.339 e. The molecule has 10 heteroatoms. The van der Waals surface area contributed by atoms with Gasteiger partial charge in [0.25, 0.3) is 5.89 Å². The van der Waals surface area contributed by atoms with Crippen LogP contribution in [0.15, 0.2) is 64.3 Å². The molecule has 1 fully saturated rings. The van der Waals surface area contributed by atoms with E-state index >= 15 is 4.39 Å². The number of benzene rings is 1. The summed E-state index contributed by atoms with van der Waals surface area (Å²) in [6, 6.07) is 11.3. The standard InChI is InChI=1S/C21H21FN4O4S/c22-21(20-24-19(25-30-20)16-7-11-23-12-8-16)10-4-13-26(15-21)18(27)9-14-31(28,29)17-5-2-1-3-6-17/h1-3,5-8,11-12H,4,9-10,13-15H2. The fourth-order valence-corrected chi connectivity index (χ4v) is 4.80. The van der Waals surface area contributed by atoms with Crippen molar-refractivity contribution in [2.24, 2.45) is 0 Å². The molecular weight excluding hydrogens is 423 g/mol. The highest BCUT2D eigenvalue weighted by Crippen LogP contribution is 2.35. The van der Waals surface area contributed by atoms with Crippen molar-refractivity contribution in [1.29, 1.82) is 0 Å². The Morgan fingerprint density at radius 2 is 1.90 bits per heavy atom. The Morgan fingerprint density at radius 3 is 2.65 bits per heavy atom. The van der Waals surface area contributed by atoms with Crippen molar-refractivity contribution < 1.29 is 22.1 Å². The third kappa shape index (κ3) is 4.63. The van der Waals surface area contributed by atoms with Crippen LogP contribution in [0.4, 0.5) is 4.39 Å². The maximum absolute atomic E-state index is 15.7. The van der Waals surface area contributed by atoms with Gasteiger partial charge >= 0.3 is 0 Å². The number of nitrogens with zero attached hydrogens (tertiary/aromatic N) is 4. The summed E-state index contributed by atoms with van der Waals surface area (Å²) in [6.07, 6.45) is 3.46. The first-order chi connectivity index (χ1) is 14.9. The van der Waals surface area contributed by atoms with Gasteiger partial charge in [0.15, 0.2) is 9.84 Å². The summed E-state index contributed by atoms with van der Waals surface area (Å²) in [7, 11) is -3.59. The lowest BCUT2D eigenvalue weighted by molar-refractivity contribution is -0.135. The van der Waals surface area contributed by atoms with Gasteiger partial charge in [-0.2, -0.15) is 4.98 Å². The van der Waals surface area contributed by atoms with Gasteiger partial charge in [-0.05, 0) is 37.1 Å². The zero-order valence-corrected chi connectivity index (χ0v) is 17.5. The van der Waals surface area contributed by atoms with Crippen LogP contribution in [0, 0.1) is 0 Å². The van der Waals surface area contributed by atoms with E-state index in [0.29, 0.717) is 18.5 Å². The number of rotatable bonds is 6. The van der Waals surface area contributed by atoms with Crippen molar-refractivity contribution in [3.63, 3.8) is 0 Å². The molecule has 3 heterocycles. The van der Waals surface area contributed by atoms with Gasteiger partial charge < -0.3 is 9.42 Å². The third-order valence-electron chi connectivity index (χ3n) is 5.23. The molecule has 2 aromatic heterocycles. The number of halogens is 1. The van der Waals surface area contributed by atoms with Crippen LogP contribution in [0.1, 0.15) is 25.2 Å². The van der Waals surface area contributed by atoms with Gasteiger partial charge in [-0.1, -0.05) is 23.4 Å². The maximum Gasteiger partial charge on any atom is 0.266 e. The second kappa shape index (κ2) is 8.54. The Hall–Kier alpha value is -3.14. The first-order valence-corrected chi connectivity index (χ1v) is 11.5. The lowest BCUT2D eigenvalue weighted by atomic mass is 9.94. The maximum atomic E-state index is 15.7. The number of piperidine rings is 1. The van der Waals surface area contributed by atoms with Gasteiger partial charge in [-0.25, -0.2) is 12.8 Å². The number of aromatic nitrogens is 3. The summed E-state index contributed by atoms with van der Waals surface area (Å²) < 4.78 is 45.7. The van der Waals surface area contributed by atoms with Gasteiger partial charge in [0, 0.05) is 30.9 Å². The monoisotopic (exact) mass is 444 g/mol. The van der Waals surface area contributed by atoms with Gasteiger partial charge in [-0.15, -0.1) is 0 Å². The molecule has 0 N–H and O–H groups in total. The molecular formula is C21H21FN4O4S. The predicted molar refractivity (Wildman–Crippen MR) is 109 cm³/mol. The summed E-state index contributed by atoms with van der Waals surface area (Å²) in [5, 5.41) is 3.84. The van der Waals surface area contributed by atoms with E-state index in [0.717, 1.165) is 0 Å². The summed E-state index contributed by atoms with van der Waals surface area (Å²) in [4.78, 5) is 22.2. The molecule has 1 amide bonds. The van der Waals surface area contributed by atoms with Crippen LogP contribution >= 0.6 is 0 Å². The van der Waals surface area contributed by atoms with Crippen LogP contribution < -0.4 is 0 Å². The number of hydrogen-bond acceptors (Lipinski definition) is 7. The van der Waals surface area contributed by atoms with Crippen LogP contribution in [-0.4, -0.2) is 53.2 Å². The van der Waals surface area contributed by atoms with E-state index in [1.54, 1.807) is 42.7 Å². The molecule has 0 spiro atoms. The number of alkyl halides is 1. The van der Waals surface area contributed by atoms with Crippen molar-refractivity contribution >= 4 is 15.7 Å². The second-order valence-corrected chi connectivity index (χ2v) is 9.53. The van der Waals surface area contributed by atoms with E-state index < -0.39 is 21.4 Å². The number of hydrogen-bond donors (Lipinski definition) is 0. The first kappa shape index (κ1) is 21.1. The molecule has 3 aromatic rings. The van der Waals surface area contributed by atoms with Gasteiger partial charge in [0.2, 0.25) is 17.4 Å². The Bertz CT molecular complexity index is 1150. The molecule has 1 atom stereocenters. The lowest BCUT2D eigenvalue weighted by Crippen LogP contribution is -2.46. The van der Waals surface area contributed by atoms with Crippen LogP contribution in [0.25, 0.3) is 11.4 Å². The average molecular weight is 444 g/mol. The molecule has 31 heavy (non-hydrogen) atoms. The Balaban J connectivity index is 1.43. The summed E-state index contributed by atoms with van der Waals surface area (Å²) in [6.45, 7) is 0.0937. The Morgan fingerprint density at radius 1 is 1.16 bits per heavy atom. The highest BCUT2D eigenvalue weighted by atomic mass is 32.2. The first-order valence-electron chi connectivity index (χ1n) is 9.86. The lowest BCUT2D eigenvalue weighted by Gasteiger charge is -2.35. The summed E-state index contributed by atoms with van der Waals surface area (Å²) >= 11 is 0. The molecule has 0 aliphatic carbocycles. The van der Waals surface area contributed by atoms with Gasteiger partial charge in [0.05, 0.1) is 17.2 Å². The van der Waals surface area contributed by atoms with Crippen molar-refractivity contribution in [2.45, 2.75) is 29.8 Å². The molecule has 1 aliphatic heterocycles. The SMILES string of the molecule is O=C(CCS(=O)(=O)c1ccccc1)N1CCCC(F)(c2nc(-c3ccncc3)no2)C1. The van der Waals surface area contributed by atoms with Crippen molar-refractivity contribution in [2.75, 3.05) is 18.8 Å². The Kier molecular flexibility index (Phi) is 5.81. The van der Waals surface area contributed by atoms with Gasteiger partial charge in [0.1, 0.15) is 0 Å². The minimum absolute atomic E-state index is 0.136. The summed E-state index contributed by atoms with van der Waals surface area (Å²) in [5.41, 5.74) is -1.34. The molecule has 1 unspecified atom stereocenters. The quantitative estimate of drug-likeness (QED) is 0.575. The zero-order chi connectivity index (χ0) is 21.9. The Labute approximate surface area is 179 Å². The number of likely N-dealkylation sites (tertiary alicyclic amines) is 1. The predicted octanol–water partition coefficient (Wildman–Crippen LogP) is 2.78. The second-order valence-electron chi connectivity index (χ2n) is 7.43. The minimum atomic E-state index is -3.59. The van der Waals surface area contributed by atoms with Crippen LogP contribution in [-0.2, 0) is 20.3 Å². The minimum Gasteiger partial charge on any atom is -0.339 e. The van der Waals surface area contributed by atoms with Gasteiger partial charge in [-0.3, -0.25) is 9.78 Å². The number of carbonyl (C=O) groups is 1. The van der Waals surface area contributed by atoms with Crippen LogP contribution in [0.5, 0.6) is 0 Å². The van der Waals surface area contributed by atoms with E-state index in [9.17, 15) is 13.2 Å². The molecule has 1 aromatic carbocycles. The topological polar surface area (TPSA) is 106 Å². The average Bonchev–Trinajstić information content (AvgIpc) is 3.30. The number of amides is 1. The number of carbonyl (C=O) groups excluding carboxylic acids is 1. The van der Waals surface area contributed by atoms with Crippen molar-refractivity contribution in [1.82, 2.24) is 20.0 Å². The fraction of sp³-hybridized carbons (Fsp3) is 0.333. The molecule has 0 radical (unpaired) electrons. The smallest absolute Gasteiger partial charge is 0.266 e. The highest BCUT2D eigenvalue weighted by molar-refractivity contribution is 7.91. The molecule has 1 aliphatic rings. The third-order valence-corrected chi connectivity index (χ3v) is 6.96. The molecule has 0 bridgehead atoms. The number of sulfone groups is 1.